The number of nitriles is 1. The lowest BCUT2D eigenvalue weighted by Crippen LogP contribution is -2.42. The Morgan fingerprint density at radius 2 is 1.87 bits per heavy atom. The molecule has 1 aliphatic rings. The molecule has 6 nitrogen and oxygen atoms in total. The first-order chi connectivity index (χ1) is 14.4. The zero-order valence-electron chi connectivity index (χ0n) is 16.6. The van der Waals surface area contributed by atoms with Crippen LogP contribution in [0.3, 0.4) is 0 Å². The Morgan fingerprint density at radius 3 is 2.57 bits per heavy atom. The zero-order chi connectivity index (χ0) is 21.6. The number of hydrogen-bond acceptors (Lipinski definition) is 4. The smallest absolute Gasteiger partial charge is 0.203 e. The summed E-state index contributed by atoms with van der Waals surface area (Å²) in [5, 5.41) is 8.86. The van der Waals surface area contributed by atoms with E-state index in [1.807, 2.05) is 0 Å². The second-order valence-electron chi connectivity index (χ2n) is 6.74. The number of benzene rings is 2. The first-order valence-corrected chi connectivity index (χ1v) is 11.1. The maximum absolute atomic E-state index is 14.5. The molecule has 0 saturated carbocycles. The molecule has 30 heavy (non-hydrogen) atoms. The van der Waals surface area contributed by atoms with E-state index in [-0.39, 0.29) is 17.3 Å². The second-order valence-corrected chi connectivity index (χ2v) is 8.94. The number of guanidine groups is 1. The van der Waals surface area contributed by atoms with Gasteiger partial charge in [0.2, 0.25) is 5.96 Å². The third-order valence-corrected chi connectivity index (χ3v) is 6.98. The Kier molecular flexibility index (Phi) is 6.71. The summed E-state index contributed by atoms with van der Waals surface area (Å²) in [4.78, 5) is 3.95. The Morgan fingerprint density at radius 1 is 1.20 bits per heavy atom. The molecule has 0 bridgehead atoms. The van der Waals surface area contributed by atoms with E-state index in [1.54, 1.807) is 36.4 Å². The fraction of sp³-hybridized carbons (Fsp3) is 0.273. The van der Waals surface area contributed by atoms with Crippen LogP contribution >= 0.6 is 0 Å². The number of halogens is 1. The topological polar surface area (TPSA) is 94.8 Å². The molecule has 0 aliphatic carbocycles. The highest BCUT2D eigenvalue weighted by Crippen LogP contribution is 2.21. The number of hydrogen-bond donors (Lipinski definition) is 1. The standard InChI is InChI=1S/C22H22FN5OS/c1-26-22(25)28-13-3-2-12-27-30(28,29)16-20-14-18(10-11-21(20)23)7-4-17-5-8-19(15-24)9-6-17/h5-6,8-11,14H,2-3,12-13,16H2,1H3,(H2,25,26). The van der Waals surface area contributed by atoms with E-state index < -0.39 is 15.7 Å². The highest BCUT2D eigenvalue weighted by molar-refractivity contribution is 7.91. The predicted octanol–water partition coefficient (Wildman–Crippen LogP) is 3.02. The Hall–Kier alpha value is -3.36. The summed E-state index contributed by atoms with van der Waals surface area (Å²) in [6.07, 6.45) is 1.58. The first kappa shape index (κ1) is 21.4. The largest absolute Gasteiger partial charge is 0.369 e. The maximum atomic E-state index is 14.5. The summed E-state index contributed by atoms with van der Waals surface area (Å²) < 4.78 is 34.0. The molecule has 2 N–H and O–H groups in total. The summed E-state index contributed by atoms with van der Waals surface area (Å²) >= 11 is 0. The number of aliphatic imine (C=N–C) groups is 1. The van der Waals surface area contributed by atoms with Crippen molar-refractivity contribution in [1.29, 1.82) is 5.26 Å². The Labute approximate surface area is 176 Å². The van der Waals surface area contributed by atoms with Crippen molar-refractivity contribution >= 4 is 15.9 Å². The van der Waals surface area contributed by atoms with Gasteiger partial charge < -0.3 is 5.73 Å². The zero-order valence-corrected chi connectivity index (χ0v) is 17.5. The summed E-state index contributed by atoms with van der Waals surface area (Å²) in [5.74, 6) is 5.56. The lowest BCUT2D eigenvalue weighted by atomic mass is 10.1. The van der Waals surface area contributed by atoms with Gasteiger partial charge in [0.05, 0.1) is 23.9 Å². The third-order valence-electron chi connectivity index (χ3n) is 4.65. The van der Waals surface area contributed by atoms with E-state index in [0.29, 0.717) is 24.2 Å². The molecule has 0 saturated heterocycles. The van der Waals surface area contributed by atoms with Crippen molar-refractivity contribution in [3.63, 3.8) is 0 Å². The minimum Gasteiger partial charge on any atom is -0.369 e. The molecule has 1 heterocycles. The lowest BCUT2D eigenvalue weighted by Gasteiger charge is -2.25. The molecule has 0 amide bonds. The van der Waals surface area contributed by atoms with Crippen molar-refractivity contribution in [2.45, 2.75) is 18.6 Å². The monoisotopic (exact) mass is 423 g/mol. The molecule has 1 unspecified atom stereocenters. The number of nitrogens with zero attached hydrogens (tertiary/aromatic N) is 4. The predicted molar refractivity (Wildman–Crippen MR) is 116 cm³/mol. The van der Waals surface area contributed by atoms with Crippen LogP contribution in [0.5, 0.6) is 0 Å². The molecular weight excluding hydrogens is 401 g/mol. The minimum atomic E-state index is -2.96. The fourth-order valence-corrected chi connectivity index (χ4v) is 5.24. The highest BCUT2D eigenvalue weighted by atomic mass is 32.2. The average molecular weight is 424 g/mol. The van der Waals surface area contributed by atoms with Crippen molar-refractivity contribution < 1.29 is 8.60 Å². The molecule has 0 radical (unpaired) electrons. The van der Waals surface area contributed by atoms with Gasteiger partial charge in [-0.1, -0.05) is 11.8 Å². The van der Waals surface area contributed by atoms with Crippen LogP contribution < -0.4 is 5.73 Å². The van der Waals surface area contributed by atoms with Crippen LogP contribution in [0.1, 0.15) is 35.1 Å². The van der Waals surface area contributed by atoms with Crippen LogP contribution in [0.2, 0.25) is 0 Å². The molecule has 1 atom stereocenters. The van der Waals surface area contributed by atoms with Gasteiger partial charge in [-0.2, -0.15) is 5.26 Å². The Balaban J connectivity index is 1.92. The second kappa shape index (κ2) is 9.43. The number of rotatable bonds is 2. The van der Waals surface area contributed by atoms with E-state index in [1.165, 1.54) is 17.4 Å². The maximum Gasteiger partial charge on any atom is 0.203 e. The van der Waals surface area contributed by atoms with Crippen LogP contribution in [-0.2, 0) is 15.7 Å². The minimum absolute atomic E-state index is 0.0958. The van der Waals surface area contributed by atoms with Crippen LogP contribution in [-0.4, -0.2) is 34.6 Å². The van der Waals surface area contributed by atoms with E-state index in [0.717, 1.165) is 18.4 Å². The molecule has 154 valence electrons. The molecule has 8 heteroatoms. The molecule has 0 fully saturated rings. The Bertz CT molecular complexity index is 1180. The third kappa shape index (κ3) is 4.97. The first-order valence-electron chi connectivity index (χ1n) is 9.46. The van der Waals surface area contributed by atoms with Gasteiger partial charge in [0.25, 0.3) is 0 Å². The average Bonchev–Trinajstić information content (AvgIpc) is 2.95. The van der Waals surface area contributed by atoms with Gasteiger partial charge in [-0.3, -0.25) is 9.30 Å². The van der Waals surface area contributed by atoms with Crippen LogP contribution in [0.25, 0.3) is 0 Å². The van der Waals surface area contributed by atoms with Gasteiger partial charge >= 0.3 is 0 Å². The van der Waals surface area contributed by atoms with E-state index >= 15 is 0 Å². The summed E-state index contributed by atoms with van der Waals surface area (Å²) in [6.45, 7) is 0.900. The van der Waals surface area contributed by atoms with Crippen molar-refractivity contribution in [1.82, 2.24) is 4.31 Å². The van der Waals surface area contributed by atoms with E-state index in [2.05, 4.69) is 27.3 Å². The van der Waals surface area contributed by atoms with Gasteiger partial charge in [0.1, 0.15) is 15.7 Å². The summed E-state index contributed by atoms with van der Waals surface area (Å²) in [7, 11) is -1.43. The SMILES string of the molecule is C/N=C(/N)N1CCCCN=S1(=O)Cc1cc(C#Cc2ccc(C#N)cc2)ccc1F. The molecule has 2 aromatic rings. The van der Waals surface area contributed by atoms with Crippen LogP contribution in [0, 0.1) is 29.0 Å². The van der Waals surface area contributed by atoms with Crippen molar-refractivity contribution in [3.05, 3.63) is 70.5 Å². The van der Waals surface area contributed by atoms with Gasteiger partial charge in [0.15, 0.2) is 0 Å². The van der Waals surface area contributed by atoms with E-state index in [4.69, 9.17) is 11.0 Å². The molecular formula is C22H22FN5OS. The van der Waals surface area contributed by atoms with Gasteiger partial charge in [-0.05, 0) is 55.3 Å². The molecule has 0 aromatic heterocycles. The van der Waals surface area contributed by atoms with E-state index in [9.17, 15) is 8.60 Å². The fourth-order valence-electron chi connectivity index (χ4n) is 3.02. The molecule has 3 rings (SSSR count). The highest BCUT2D eigenvalue weighted by Gasteiger charge is 2.25. The number of nitrogens with two attached hydrogens (primary N) is 1. The van der Waals surface area contributed by atoms with Gasteiger partial charge in [-0.25, -0.2) is 13.0 Å². The van der Waals surface area contributed by atoms with Crippen molar-refractivity contribution in [2.75, 3.05) is 20.1 Å². The van der Waals surface area contributed by atoms with Gasteiger partial charge in [0, 0.05) is 30.3 Å². The molecule has 2 aromatic carbocycles. The molecule has 0 spiro atoms. The van der Waals surface area contributed by atoms with Crippen molar-refractivity contribution in [3.8, 4) is 17.9 Å². The quantitative estimate of drug-likeness (QED) is 0.457. The van der Waals surface area contributed by atoms with Crippen molar-refractivity contribution in [2.24, 2.45) is 15.1 Å². The normalized spacial score (nSPS) is 19.1. The lowest BCUT2D eigenvalue weighted by molar-refractivity contribution is 0.565. The van der Waals surface area contributed by atoms with Crippen LogP contribution in [0.15, 0.2) is 51.8 Å². The van der Waals surface area contributed by atoms with Gasteiger partial charge in [-0.15, -0.1) is 0 Å². The summed E-state index contributed by atoms with van der Waals surface area (Å²) in [6, 6.07) is 13.4. The summed E-state index contributed by atoms with van der Waals surface area (Å²) in [5.41, 5.74) is 8.10. The van der Waals surface area contributed by atoms with Crippen LogP contribution in [0.4, 0.5) is 4.39 Å². The molecule has 1 aliphatic heterocycles.